The van der Waals surface area contributed by atoms with Gasteiger partial charge in [0.1, 0.15) is 0 Å². The van der Waals surface area contributed by atoms with Crippen LogP contribution in [0.25, 0.3) is 0 Å². The Morgan fingerprint density at radius 1 is 1.44 bits per heavy atom. The van der Waals surface area contributed by atoms with Crippen molar-refractivity contribution in [1.82, 2.24) is 4.98 Å². The predicted molar refractivity (Wildman–Crippen MR) is 72.0 cm³/mol. The maximum absolute atomic E-state index is 5.89. The molecular formula is C13H24N2S. The molecule has 0 aromatic carbocycles. The lowest BCUT2D eigenvalue weighted by molar-refractivity contribution is 0.558. The van der Waals surface area contributed by atoms with Crippen LogP contribution in [0.1, 0.15) is 57.7 Å². The van der Waals surface area contributed by atoms with Crippen LogP contribution in [0.15, 0.2) is 5.38 Å². The van der Waals surface area contributed by atoms with Crippen LogP contribution in [0.4, 0.5) is 0 Å². The molecule has 92 valence electrons. The molecule has 2 nitrogen and oxygen atoms in total. The van der Waals surface area contributed by atoms with Crippen molar-refractivity contribution < 1.29 is 0 Å². The van der Waals surface area contributed by atoms with Crippen molar-refractivity contribution in [3.63, 3.8) is 0 Å². The highest BCUT2D eigenvalue weighted by atomic mass is 32.1. The van der Waals surface area contributed by atoms with Crippen LogP contribution in [0.3, 0.4) is 0 Å². The van der Waals surface area contributed by atoms with E-state index in [1.165, 1.54) is 10.7 Å². The van der Waals surface area contributed by atoms with Gasteiger partial charge in [-0.3, -0.25) is 0 Å². The zero-order valence-corrected chi connectivity index (χ0v) is 11.7. The summed E-state index contributed by atoms with van der Waals surface area (Å²) in [5.41, 5.74) is 7.28. The average Bonchev–Trinajstić information content (AvgIpc) is 2.65. The zero-order chi connectivity index (χ0) is 12.2. The Kier molecular flexibility index (Phi) is 4.93. The van der Waals surface area contributed by atoms with Crippen molar-refractivity contribution in [3.05, 3.63) is 16.1 Å². The Morgan fingerprint density at radius 3 is 2.62 bits per heavy atom. The van der Waals surface area contributed by atoms with Crippen LogP contribution in [0.2, 0.25) is 0 Å². The molecule has 16 heavy (non-hydrogen) atoms. The summed E-state index contributed by atoms with van der Waals surface area (Å²) in [4.78, 5) is 4.68. The second-order valence-corrected chi connectivity index (χ2v) is 6.38. The molecule has 0 saturated heterocycles. The number of rotatable bonds is 5. The van der Waals surface area contributed by atoms with E-state index >= 15 is 0 Å². The van der Waals surface area contributed by atoms with Gasteiger partial charge >= 0.3 is 0 Å². The van der Waals surface area contributed by atoms with Gasteiger partial charge in [-0.1, -0.05) is 27.7 Å². The van der Waals surface area contributed by atoms with E-state index < -0.39 is 0 Å². The predicted octanol–water partition coefficient (Wildman–Crippen LogP) is 3.50. The van der Waals surface area contributed by atoms with Crippen molar-refractivity contribution in [2.45, 2.75) is 64.8 Å². The van der Waals surface area contributed by atoms with Crippen LogP contribution >= 0.6 is 11.3 Å². The third-order valence-corrected chi connectivity index (χ3v) is 3.72. The Labute approximate surface area is 103 Å². The Hall–Kier alpha value is -0.410. The Morgan fingerprint density at radius 2 is 2.12 bits per heavy atom. The molecule has 1 rings (SSSR count). The molecule has 0 saturated carbocycles. The molecule has 1 unspecified atom stereocenters. The molecular weight excluding hydrogens is 216 g/mol. The number of nitrogens with two attached hydrogens (primary N) is 1. The van der Waals surface area contributed by atoms with Gasteiger partial charge in [0, 0.05) is 16.8 Å². The monoisotopic (exact) mass is 240 g/mol. The van der Waals surface area contributed by atoms with Gasteiger partial charge in [-0.15, -0.1) is 11.3 Å². The molecule has 0 radical (unpaired) electrons. The molecule has 0 amide bonds. The summed E-state index contributed by atoms with van der Waals surface area (Å²) in [6.07, 6.45) is 4.42. The van der Waals surface area contributed by atoms with E-state index in [1.54, 1.807) is 11.3 Å². The summed E-state index contributed by atoms with van der Waals surface area (Å²) in [6.45, 7) is 8.77. The van der Waals surface area contributed by atoms with Gasteiger partial charge in [0.25, 0.3) is 0 Å². The maximum atomic E-state index is 5.89. The van der Waals surface area contributed by atoms with E-state index in [2.05, 4.69) is 38.1 Å². The first-order chi connectivity index (χ1) is 7.43. The van der Waals surface area contributed by atoms with Crippen molar-refractivity contribution in [2.24, 2.45) is 5.73 Å². The van der Waals surface area contributed by atoms with E-state index in [4.69, 9.17) is 5.73 Å². The highest BCUT2D eigenvalue weighted by Crippen LogP contribution is 2.24. The summed E-state index contributed by atoms with van der Waals surface area (Å²) >= 11 is 1.78. The van der Waals surface area contributed by atoms with Crippen LogP contribution in [0.5, 0.6) is 0 Å². The molecule has 1 atom stereocenters. The highest BCUT2D eigenvalue weighted by Gasteiger charge is 2.17. The largest absolute Gasteiger partial charge is 0.328 e. The molecule has 0 fully saturated rings. The fourth-order valence-corrected chi connectivity index (χ4v) is 2.56. The molecule has 1 aromatic heterocycles. The second-order valence-electron chi connectivity index (χ2n) is 5.44. The lowest BCUT2D eigenvalue weighted by Crippen LogP contribution is -2.18. The second kappa shape index (κ2) is 5.78. The quantitative estimate of drug-likeness (QED) is 0.855. The summed E-state index contributed by atoms with van der Waals surface area (Å²) in [6, 6.07) is 0.363. The minimum Gasteiger partial charge on any atom is -0.328 e. The number of nitrogens with zero attached hydrogens (tertiary/aromatic N) is 1. The number of thiazole rings is 1. The minimum absolute atomic E-state index is 0.175. The van der Waals surface area contributed by atoms with Gasteiger partial charge in [0.05, 0.1) is 10.7 Å². The average molecular weight is 240 g/mol. The molecule has 0 aliphatic heterocycles. The van der Waals surface area contributed by atoms with E-state index in [0.717, 1.165) is 25.7 Å². The Balaban J connectivity index is 2.41. The first kappa shape index (κ1) is 13.7. The fourth-order valence-electron chi connectivity index (χ4n) is 1.49. The molecule has 3 heteroatoms. The number of hydrogen-bond acceptors (Lipinski definition) is 3. The summed E-state index contributed by atoms with van der Waals surface area (Å²) in [7, 11) is 0. The van der Waals surface area contributed by atoms with Gasteiger partial charge < -0.3 is 5.73 Å². The van der Waals surface area contributed by atoms with Gasteiger partial charge in [0.2, 0.25) is 0 Å². The third kappa shape index (κ3) is 4.22. The maximum Gasteiger partial charge on any atom is 0.0928 e. The van der Waals surface area contributed by atoms with Crippen LogP contribution in [0, 0.1) is 0 Å². The normalized spacial score (nSPS) is 14.1. The van der Waals surface area contributed by atoms with Crippen LogP contribution < -0.4 is 5.73 Å². The number of aromatic nitrogens is 1. The number of aryl methyl sites for hydroxylation is 1. The smallest absolute Gasteiger partial charge is 0.0928 e. The van der Waals surface area contributed by atoms with Crippen LogP contribution in [-0.2, 0) is 11.8 Å². The summed E-state index contributed by atoms with van der Waals surface area (Å²) < 4.78 is 0. The van der Waals surface area contributed by atoms with Crippen molar-refractivity contribution in [1.29, 1.82) is 0 Å². The van der Waals surface area contributed by atoms with E-state index in [0.29, 0.717) is 6.04 Å². The standard InChI is InChI=1S/C13H24N2S/c1-5-10(14)7-6-8-12-15-11(9-16-12)13(2,3)4/h9-10H,5-8,14H2,1-4H3. The van der Waals surface area contributed by atoms with Crippen molar-refractivity contribution in [3.8, 4) is 0 Å². The topological polar surface area (TPSA) is 38.9 Å². The van der Waals surface area contributed by atoms with Gasteiger partial charge in [-0.25, -0.2) is 4.98 Å². The molecule has 0 bridgehead atoms. The van der Waals surface area contributed by atoms with E-state index in [1.807, 2.05) is 0 Å². The fraction of sp³-hybridized carbons (Fsp3) is 0.769. The minimum atomic E-state index is 0.175. The molecule has 0 spiro atoms. The first-order valence-electron chi connectivity index (χ1n) is 6.14. The number of hydrogen-bond donors (Lipinski definition) is 1. The SMILES string of the molecule is CCC(N)CCCc1nc(C(C)(C)C)cs1. The third-order valence-electron chi connectivity index (χ3n) is 2.81. The molecule has 2 N–H and O–H groups in total. The lowest BCUT2D eigenvalue weighted by atomic mass is 9.93. The molecule has 1 aromatic rings. The molecule has 0 aliphatic rings. The van der Waals surface area contributed by atoms with Gasteiger partial charge in [-0.05, 0) is 25.7 Å². The Bertz CT molecular complexity index is 312. The van der Waals surface area contributed by atoms with Crippen molar-refractivity contribution >= 4 is 11.3 Å². The lowest BCUT2D eigenvalue weighted by Gasteiger charge is -2.14. The van der Waals surface area contributed by atoms with Crippen molar-refractivity contribution in [2.75, 3.05) is 0 Å². The first-order valence-corrected chi connectivity index (χ1v) is 7.02. The summed E-state index contributed by atoms with van der Waals surface area (Å²) in [5, 5.41) is 3.45. The zero-order valence-electron chi connectivity index (χ0n) is 10.9. The van der Waals surface area contributed by atoms with Gasteiger partial charge in [0.15, 0.2) is 0 Å². The van der Waals surface area contributed by atoms with E-state index in [9.17, 15) is 0 Å². The van der Waals surface area contributed by atoms with Gasteiger partial charge in [-0.2, -0.15) is 0 Å². The summed E-state index contributed by atoms with van der Waals surface area (Å²) in [5.74, 6) is 0. The van der Waals surface area contributed by atoms with Crippen LogP contribution in [-0.4, -0.2) is 11.0 Å². The molecule has 1 heterocycles. The molecule has 0 aliphatic carbocycles. The van der Waals surface area contributed by atoms with E-state index in [-0.39, 0.29) is 5.41 Å². The highest BCUT2D eigenvalue weighted by molar-refractivity contribution is 7.09.